The monoisotopic (exact) mass is 454 g/mol. The third-order valence-electron chi connectivity index (χ3n) is 9.14. The number of rotatable bonds is 4. The van der Waals surface area contributed by atoms with E-state index in [0.717, 1.165) is 30.2 Å². The highest BCUT2D eigenvalue weighted by Gasteiger charge is 2.77. The molecule has 0 amide bonds. The van der Waals surface area contributed by atoms with Crippen molar-refractivity contribution >= 4 is 17.5 Å². The predicted octanol–water partition coefficient (Wildman–Crippen LogP) is 4.87. The molecule has 4 nitrogen and oxygen atoms in total. The average molecular weight is 455 g/mol. The number of allylic oxidation sites excluding steroid dienone is 4. The summed E-state index contributed by atoms with van der Waals surface area (Å²) in [5.41, 5.74) is -2.75. The lowest BCUT2D eigenvalue weighted by Gasteiger charge is -2.62. The van der Waals surface area contributed by atoms with Crippen molar-refractivity contribution in [2.45, 2.75) is 88.4 Å². The molecule has 9 atom stereocenters. The molecule has 3 saturated carbocycles. The van der Waals surface area contributed by atoms with Gasteiger partial charge in [-0.1, -0.05) is 43.7 Å². The number of aliphatic hydroxyl groups excluding tert-OH is 1. The number of alkyl halides is 2. The third-order valence-corrected chi connectivity index (χ3v) is 10.5. The molecule has 0 aromatic rings. The number of thioether (sulfide) groups is 1. The van der Waals surface area contributed by atoms with Crippen LogP contribution < -0.4 is 0 Å². The molecule has 0 spiro atoms. The highest BCUT2D eigenvalue weighted by molar-refractivity contribution is 8.00. The number of fused-ring (bicyclic) bond motifs is 7. The lowest BCUT2D eigenvalue weighted by Crippen LogP contribution is -2.68. The maximum Gasteiger partial charge on any atom is 0.178 e. The molecule has 0 bridgehead atoms. The minimum absolute atomic E-state index is 0.100. The van der Waals surface area contributed by atoms with Gasteiger partial charge in [-0.15, -0.1) is 0 Å². The molecule has 4 aliphatic carbocycles. The number of ketones is 1. The topological polar surface area (TPSA) is 55.8 Å². The van der Waals surface area contributed by atoms with Crippen LogP contribution in [-0.2, 0) is 14.3 Å². The van der Waals surface area contributed by atoms with Crippen LogP contribution >= 0.6 is 11.8 Å². The minimum atomic E-state index is -1.89. The number of carbonyl (C=O) groups is 1. The Hall–Kier alpha value is -0.760. The van der Waals surface area contributed by atoms with E-state index in [1.807, 2.05) is 13.8 Å². The number of aliphatic hydroxyl groups is 1. The lowest BCUT2D eigenvalue weighted by molar-refractivity contribution is -0.217. The Morgan fingerprint density at radius 2 is 2.10 bits per heavy atom. The van der Waals surface area contributed by atoms with Crippen molar-refractivity contribution < 1.29 is 28.2 Å². The second kappa shape index (κ2) is 7.12. The van der Waals surface area contributed by atoms with Gasteiger partial charge >= 0.3 is 0 Å². The van der Waals surface area contributed by atoms with Crippen LogP contribution in [0.3, 0.4) is 0 Å². The average Bonchev–Trinajstić information content (AvgIpc) is 3.16. The Morgan fingerprint density at radius 1 is 1.32 bits per heavy atom. The molecule has 172 valence electrons. The SMILES string of the molecule is CCC[C@@H]1O[C@@H]2CC3C4CCC5=CC(=O)C=C[C@]5(C)[C@@]4(F)[C@@H](O)C[C@]3(C)[C@]2(SCF)O1. The first-order valence-electron chi connectivity index (χ1n) is 11.5. The number of carbonyl (C=O) groups excluding carboxylic acids is 1. The summed E-state index contributed by atoms with van der Waals surface area (Å²) in [4.78, 5) is 11.0. The molecule has 0 aromatic heterocycles. The van der Waals surface area contributed by atoms with Crippen molar-refractivity contribution in [3.8, 4) is 0 Å². The molecule has 1 heterocycles. The first kappa shape index (κ1) is 22.1. The second-order valence-corrected chi connectivity index (χ2v) is 11.5. The van der Waals surface area contributed by atoms with E-state index in [0.29, 0.717) is 19.3 Å². The fourth-order valence-electron chi connectivity index (χ4n) is 7.65. The normalized spacial score (nSPS) is 52.9. The second-order valence-electron chi connectivity index (χ2n) is 10.4. The summed E-state index contributed by atoms with van der Waals surface area (Å²) >= 11 is 1.12. The minimum Gasteiger partial charge on any atom is -0.390 e. The van der Waals surface area contributed by atoms with E-state index in [2.05, 4.69) is 6.92 Å². The van der Waals surface area contributed by atoms with Gasteiger partial charge in [-0.3, -0.25) is 4.79 Å². The summed E-state index contributed by atoms with van der Waals surface area (Å²) in [6.45, 7) is 5.90. The summed E-state index contributed by atoms with van der Waals surface area (Å²) < 4.78 is 43.6. The van der Waals surface area contributed by atoms with Crippen LogP contribution in [0.4, 0.5) is 8.78 Å². The van der Waals surface area contributed by atoms with Crippen LogP contribution in [0.25, 0.3) is 0 Å². The van der Waals surface area contributed by atoms with Gasteiger partial charge in [0.2, 0.25) is 0 Å². The largest absolute Gasteiger partial charge is 0.390 e. The molecule has 31 heavy (non-hydrogen) atoms. The fraction of sp³-hybridized carbons (Fsp3) is 0.792. The highest BCUT2D eigenvalue weighted by atomic mass is 32.2. The molecule has 1 saturated heterocycles. The number of ether oxygens (including phenoxy) is 2. The molecule has 2 unspecified atom stereocenters. The first-order chi connectivity index (χ1) is 14.7. The van der Waals surface area contributed by atoms with E-state index >= 15 is 4.39 Å². The van der Waals surface area contributed by atoms with E-state index in [4.69, 9.17) is 9.47 Å². The van der Waals surface area contributed by atoms with Gasteiger partial charge in [0.15, 0.2) is 22.7 Å². The van der Waals surface area contributed by atoms with Crippen molar-refractivity contribution in [3.05, 3.63) is 23.8 Å². The van der Waals surface area contributed by atoms with Gasteiger partial charge in [0, 0.05) is 16.7 Å². The lowest BCUT2D eigenvalue weighted by atomic mass is 9.45. The van der Waals surface area contributed by atoms with E-state index in [1.165, 1.54) is 6.08 Å². The van der Waals surface area contributed by atoms with Crippen LogP contribution in [0, 0.1) is 22.7 Å². The van der Waals surface area contributed by atoms with Crippen molar-refractivity contribution in [3.63, 3.8) is 0 Å². The molecule has 5 rings (SSSR count). The molecule has 1 aliphatic heterocycles. The number of hydrogen-bond acceptors (Lipinski definition) is 5. The summed E-state index contributed by atoms with van der Waals surface area (Å²) in [6, 6.07) is -0.613. The zero-order valence-electron chi connectivity index (χ0n) is 18.4. The first-order valence-corrected chi connectivity index (χ1v) is 12.5. The standard InChI is InChI=1S/C24H32F2O4S/c1-4-5-20-29-19-11-17-16-7-6-14-10-15(27)8-9-21(14,2)23(16,26)18(28)12-22(17,3)24(19,30-20)31-13-25/h8-10,16-20,28H,4-7,11-13H2,1-3H3/t16?,17?,18-,19+,20+,21-,22-,23-,24-/m0/s1. The maximum absolute atomic E-state index is 17.1. The summed E-state index contributed by atoms with van der Waals surface area (Å²) in [6.07, 6.45) is 6.28. The number of halogens is 2. The zero-order chi connectivity index (χ0) is 22.2. The van der Waals surface area contributed by atoms with E-state index < -0.39 is 39.5 Å². The Labute approximate surface area is 186 Å². The Morgan fingerprint density at radius 3 is 2.81 bits per heavy atom. The van der Waals surface area contributed by atoms with Gasteiger partial charge in [-0.2, -0.15) is 0 Å². The Balaban J connectivity index is 1.56. The highest BCUT2D eigenvalue weighted by Crippen LogP contribution is 2.73. The molecule has 1 N–H and O–H groups in total. The van der Waals surface area contributed by atoms with Crippen molar-refractivity contribution in [2.24, 2.45) is 22.7 Å². The third kappa shape index (κ3) is 2.61. The van der Waals surface area contributed by atoms with Gasteiger partial charge < -0.3 is 14.6 Å². The van der Waals surface area contributed by atoms with Crippen LogP contribution in [0.15, 0.2) is 23.8 Å². The van der Waals surface area contributed by atoms with E-state index in [1.54, 1.807) is 12.2 Å². The molecular weight excluding hydrogens is 422 g/mol. The van der Waals surface area contributed by atoms with Crippen molar-refractivity contribution in [1.82, 2.24) is 0 Å². The fourth-order valence-corrected chi connectivity index (χ4v) is 8.89. The molecular formula is C24H32F2O4S. The molecule has 0 radical (unpaired) electrons. The Kier molecular flexibility index (Phi) is 5.06. The van der Waals surface area contributed by atoms with Gasteiger partial charge in [-0.05, 0) is 57.1 Å². The smallest absolute Gasteiger partial charge is 0.178 e. The van der Waals surface area contributed by atoms with Crippen LogP contribution in [0.1, 0.15) is 59.3 Å². The molecule has 0 aromatic carbocycles. The number of hydrogen-bond donors (Lipinski definition) is 1. The van der Waals surface area contributed by atoms with Gasteiger partial charge in [0.1, 0.15) is 12.1 Å². The summed E-state index contributed by atoms with van der Waals surface area (Å²) in [7, 11) is 0. The van der Waals surface area contributed by atoms with Crippen molar-refractivity contribution in [2.75, 3.05) is 6.01 Å². The molecule has 7 heteroatoms. The zero-order valence-corrected chi connectivity index (χ0v) is 19.2. The molecule has 5 aliphatic rings. The van der Waals surface area contributed by atoms with Crippen LogP contribution in [0.2, 0.25) is 0 Å². The van der Waals surface area contributed by atoms with Crippen LogP contribution in [0.5, 0.6) is 0 Å². The predicted molar refractivity (Wildman–Crippen MR) is 115 cm³/mol. The van der Waals surface area contributed by atoms with Gasteiger partial charge in [0.25, 0.3) is 0 Å². The molecule has 4 fully saturated rings. The van der Waals surface area contributed by atoms with Gasteiger partial charge in [-0.25, -0.2) is 8.78 Å². The van der Waals surface area contributed by atoms with Crippen molar-refractivity contribution in [1.29, 1.82) is 0 Å². The summed E-state index contributed by atoms with van der Waals surface area (Å²) in [5.74, 6) is -0.639. The Bertz CT molecular complexity index is 847. The summed E-state index contributed by atoms with van der Waals surface area (Å²) in [5, 5.41) is 11.4. The van der Waals surface area contributed by atoms with Gasteiger partial charge in [0.05, 0.1) is 6.10 Å². The van der Waals surface area contributed by atoms with E-state index in [9.17, 15) is 14.3 Å². The maximum atomic E-state index is 17.1. The quantitative estimate of drug-likeness (QED) is 0.657. The van der Waals surface area contributed by atoms with Crippen LogP contribution in [-0.4, -0.2) is 46.0 Å². The van der Waals surface area contributed by atoms with E-state index in [-0.39, 0.29) is 30.5 Å².